The van der Waals surface area contributed by atoms with E-state index in [-0.39, 0.29) is 11.7 Å². The van der Waals surface area contributed by atoms with Gasteiger partial charge in [-0.3, -0.25) is 0 Å². The maximum absolute atomic E-state index is 6.53. The molecular formula is C17H24BrNO2. The van der Waals surface area contributed by atoms with Gasteiger partial charge >= 0.3 is 0 Å². The molecule has 1 fully saturated rings. The Morgan fingerprint density at radius 1 is 1.43 bits per heavy atom. The molecule has 1 spiro atoms. The summed E-state index contributed by atoms with van der Waals surface area (Å²) < 4.78 is 13.4. The minimum Gasteiger partial charge on any atom is -0.484 e. The highest BCUT2D eigenvalue weighted by molar-refractivity contribution is 9.10. The van der Waals surface area contributed by atoms with Crippen molar-refractivity contribution in [1.29, 1.82) is 0 Å². The molecule has 4 heteroatoms. The number of benzene rings is 1. The van der Waals surface area contributed by atoms with E-state index in [9.17, 15) is 0 Å². The summed E-state index contributed by atoms with van der Waals surface area (Å²) in [6, 6.07) is 6.72. The number of hydrogen-bond acceptors (Lipinski definition) is 3. The molecule has 21 heavy (non-hydrogen) atoms. The highest BCUT2D eigenvalue weighted by atomic mass is 79.9. The first-order valence-electron chi connectivity index (χ1n) is 7.93. The zero-order valence-corrected chi connectivity index (χ0v) is 14.4. The Morgan fingerprint density at radius 3 is 3.05 bits per heavy atom. The van der Waals surface area contributed by atoms with E-state index in [0.717, 1.165) is 36.0 Å². The summed E-state index contributed by atoms with van der Waals surface area (Å²) in [5.74, 6) is 1.01. The monoisotopic (exact) mass is 353 g/mol. The topological polar surface area (TPSA) is 30.5 Å². The normalized spacial score (nSPS) is 31.8. The Kier molecular flexibility index (Phi) is 4.57. The molecule has 0 aromatic heterocycles. The number of ether oxygens (including phenoxy) is 2. The first kappa shape index (κ1) is 15.3. The first-order chi connectivity index (χ1) is 10.2. The highest BCUT2D eigenvalue weighted by Crippen LogP contribution is 2.47. The standard InChI is InChI=1S/C17H24BrNO2/c1-3-19-14-11-17(9-5-4-6-16(17)20-2)21-15-10-12(18)7-8-13(14)15/h7-8,10,14,16,19H,3-6,9,11H2,1-2H3. The molecule has 0 saturated heterocycles. The Labute approximate surface area is 135 Å². The van der Waals surface area contributed by atoms with Crippen molar-refractivity contribution in [3.63, 3.8) is 0 Å². The first-order valence-corrected chi connectivity index (χ1v) is 8.72. The molecule has 1 aromatic carbocycles. The molecule has 3 nitrogen and oxygen atoms in total. The van der Waals surface area contributed by atoms with Gasteiger partial charge < -0.3 is 14.8 Å². The number of fused-ring (bicyclic) bond motifs is 1. The van der Waals surface area contributed by atoms with E-state index in [1.165, 1.54) is 18.4 Å². The van der Waals surface area contributed by atoms with Crippen LogP contribution in [0.15, 0.2) is 22.7 Å². The van der Waals surface area contributed by atoms with Crippen molar-refractivity contribution in [2.24, 2.45) is 0 Å². The van der Waals surface area contributed by atoms with Gasteiger partial charge in [-0.05, 0) is 37.9 Å². The molecule has 0 radical (unpaired) electrons. The highest BCUT2D eigenvalue weighted by Gasteiger charge is 2.48. The second kappa shape index (κ2) is 6.27. The Hall–Kier alpha value is -0.580. The average Bonchev–Trinajstić information content (AvgIpc) is 2.47. The molecular weight excluding hydrogens is 330 g/mol. The van der Waals surface area contributed by atoms with Gasteiger partial charge in [-0.2, -0.15) is 0 Å². The van der Waals surface area contributed by atoms with Crippen molar-refractivity contribution in [3.8, 4) is 5.75 Å². The van der Waals surface area contributed by atoms with Crippen LogP contribution in [0, 0.1) is 0 Å². The molecule has 3 atom stereocenters. The summed E-state index contributed by atoms with van der Waals surface area (Å²) in [4.78, 5) is 0. The molecule has 1 N–H and O–H groups in total. The fourth-order valence-electron chi connectivity index (χ4n) is 3.89. The quantitative estimate of drug-likeness (QED) is 0.882. The number of hydrogen-bond donors (Lipinski definition) is 1. The van der Waals surface area contributed by atoms with Gasteiger partial charge in [0, 0.05) is 29.6 Å². The van der Waals surface area contributed by atoms with Crippen LogP contribution < -0.4 is 10.1 Å². The van der Waals surface area contributed by atoms with Crippen LogP contribution in [0.25, 0.3) is 0 Å². The van der Waals surface area contributed by atoms with Gasteiger partial charge in [0.2, 0.25) is 0 Å². The van der Waals surface area contributed by atoms with Crippen LogP contribution in [0.4, 0.5) is 0 Å². The number of nitrogens with one attached hydrogen (secondary N) is 1. The average molecular weight is 354 g/mol. The number of methoxy groups -OCH3 is 1. The third-order valence-electron chi connectivity index (χ3n) is 4.85. The van der Waals surface area contributed by atoms with E-state index in [1.807, 2.05) is 7.11 Å². The summed E-state index contributed by atoms with van der Waals surface area (Å²) in [7, 11) is 1.82. The van der Waals surface area contributed by atoms with Crippen LogP contribution >= 0.6 is 15.9 Å². The van der Waals surface area contributed by atoms with Crippen LogP contribution in [0.1, 0.15) is 50.6 Å². The van der Waals surface area contributed by atoms with Crippen molar-refractivity contribution in [3.05, 3.63) is 28.2 Å². The number of halogens is 1. The van der Waals surface area contributed by atoms with Gasteiger partial charge in [0.15, 0.2) is 0 Å². The van der Waals surface area contributed by atoms with Crippen molar-refractivity contribution in [2.45, 2.75) is 56.8 Å². The van der Waals surface area contributed by atoms with Crippen molar-refractivity contribution >= 4 is 15.9 Å². The van der Waals surface area contributed by atoms with E-state index >= 15 is 0 Å². The second-order valence-corrected chi connectivity index (χ2v) is 7.05. The molecule has 3 unspecified atom stereocenters. The molecule has 1 heterocycles. The second-order valence-electron chi connectivity index (χ2n) is 6.13. The lowest BCUT2D eigenvalue weighted by Crippen LogP contribution is -2.54. The van der Waals surface area contributed by atoms with Crippen LogP contribution in [0.3, 0.4) is 0 Å². The van der Waals surface area contributed by atoms with Crippen LogP contribution in [0.2, 0.25) is 0 Å². The van der Waals surface area contributed by atoms with Crippen molar-refractivity contribution < 1.29 is 9.47 Å². The fourth-order valence-corrected chi connectivity index (χ4v) is 4.23. The molecule has 0 amide bonds. The van der Waals surface area contributed by atoms with Crippen LogP contribution in [-0.4, -0.2) is 25.4 Å². The van der Waals surface area contributed by atoms with E-state index in [4.69, 9.17) is 9.47 Å². The summed E-state index contributed by atoms with van der Waals surface area (Å²) in [5.41, 5.74) is 1.10. The fraction of sp³-hybridized carbons (Fsp3) is 0.647. The maximum Gasteiger partial charge on any atom is 0.137 e. The van der Waals surface area contributed by atoms with Gasteiger partial charge in [0.1, 0.15) is 11.4 Å². The number of rotatable bonds is 3. The smallest absolute Gasteiger partial charge is 0.137 e. The molecule has 2 aliphatic rings. The van der Waals surface area contributed by atoms with E-state index in [1.54, 1.807) is 0 Å². The molecule has 1 saturated carbocycles. The Balaban J connectivity index is 1.98. The molecule has 0 bridgehead atoms. The summed E-state index contributed by atoms with van der Waals surface area (Å²) in [6.07, 6.45) is 5.83. The Bertz CT molecular complexity index is 508. The van der Waals surface area contributed by atoms with Gasteiger partial charge in [-0.25, -0.2) is 0 Å². The lowest BCUT2D eigenvalue weighted by atomic mass is 9.75. The van der Waals surface area contributed by atoms with Crippen molar-refractivity contribution in [2.75, 3.05) is 13.7 Å². The summed E-state index contributed by atoms with van der Waals surface area (Å²) in [5, 5.41) is 3.63. The van der Waals surface area contributed by atoms with Gasteiger partial charge in [0.05, 0.1) is 6.10 Å². The zero-order chi connectivity index (χ0) is 14.9. The van der Waals surface area contributed by atoms with Gasteiger partial charge in [-0.1, -0.05) is 35.3 Å². The SMILES string of the molecule is CCNC1CC2(CCCCC2OC)Oc2cc(Br)ccc21. The molecule has 116 valence electrons. The third-order valence-corrected chi connectivity index (χ3v) is 5.35. The third kappa shape index (κ3) is 2.86. The summed E-state index contributed by atoms with van der Waals surface area (Å²) >= 11 is 3.56. The molecule has 1 aromatic rings. The largest absolute Gasteiger partial charge is 0.484 e. The van der Waals surface area contributed by atoms with Gasteiger partial charge in [0.25, 0.3) is 0 Å². The predicted molar refractivity (Wildman–Crippen MR) is 87.8 cm³/mol. The van der Waals surface area contributed by atoms with Crippen molar-refractivity contribution in [1.82, 2.24) is 5.32 Å². The lowest BCUT2D eigenvalue weighted by molar-refractivity contribution is -0.116. The van der Waals surface area contributed by atoms with E-state index in [2.05, 4.69) is 46.4 Å². The van der Waals surface area contributed by atoms with E-state index < -0.39 is 0 Å². The Morgan fingerprint density at radius 2 is 2.29 bits per heavy atom. The minimum atomic E-state index is -0.173. The lowest BCUT2D eigenvalue weighted by Gasteiger charge is -2.48. The zero-order valence-electron chi connectivity index (χ0n) is 12.8. The maximum atomic E-state index is 6.53. The molecule has 1 aliphatic carbocycles. The van der Waals surface area contributed by atoms with Crippen LogP contribution in [-0.2, 0) is 4.74 Å². The molecule has 1 aliphatic heterocycles. The molecule has 3 rings (SSSR count). The predicted octanol–water partition coefficient (Wildman–Crippen LogP) is 4.21. The van der Waals surface area contributed by atoms with E-state index in [0.29, 0.717) is 6.04 Å². The summed E-state index contributed by atoms with van der Waals surface area (Å²) in [6.45, 7) is 3.13. The van der Waals surface area contributed by atoms with Gasteiger partial charge in [-0.15, -0.1) is 0 Å². The minimum absolute atomic E-state index is 0.173. The van der Waals surface area contributed by atoms with Crippen LogP contribution in [0.5, 0.6) is 5.75 Å².